The summed E-state index contributed by atoms with van der Waals surface area (Å²) < 4.78 is 4.29. The Kier molecular flexibility index (Phi) is 6.30. The topological polar surface area (TPSA) is 64.7 Å². The van der Waals surface area contributed by atoms with Gasteiger partial charge < -0.3 is 4.57 Å². The number of aryl methyl sites for hydroxylation is 1. The quantitative estimate of drug-likeness (QED) is 0.551. The summed E-state index contributed by atoms with van der Waals surface area (Å²) in [5.74, 6) is 3.68. The molecule has 29 heavy (non-hydrogen) atoms. The lowest BCUT2D eigenvalue weighted by atomic mass is 10.1. The van der Waals surface area contributed by atoms with Gasteiger partial charge in [-0.15, -0.1) is 20.4 Å². The van der Waals surface area contributed by atoms with E-state index in [1.54, 1.807) is 11.8 Å². The van der Waals surface area contributed by atoms with E-state index in [2.05, 4.69) is 72.5 Å². The average Bonchev–Trinajstić information content (AvgIpc) is 3.36. The van der Waals surface area contributed by atoms with Gasteiger partial charge in [0.25, 0.3) is 0 Å². The van der Waals surface area contributed by atoms with E-state index in [1.807, 2.05) is 13.1 Å². The lowest BCUT2D eigenvalue weighted by Crippen LogP contribution is -2.33. The second-order valence-electron chi connectivity index (χ2n) is 7.52. The lowest BCUT2D eigenvalue weighted by molar-refractivity contribution is 0.167. The fraction of sp³-hybridized carbons (Fsp3) is 0.524. The highest BCUT2D eigenvalue weighted by Gasteiger charge is 2.25. The molecule has 3 aromatic rings. The molecule has 154 valence electrons. The van der Waals surface area contributed by atoms with E-state index in [9.17, 15) is 0 Å². The largest absolute Gasteiger partial charge is 0.317 e. The Balaban J connectivity index is 1.63. The van der Waals surface area contributed by atoms with E-state index in [0.717, 1.165) is 47.8 Å². The van der Waals surface area contributed by atoms with E-state index < -0.39 is 0 Å². The molecule has 0 saturated carbocycles. The van der Waals surface area contributed by atoms with E-state index in [1.165, 1.54) is 19.3 Å². The van der Waals surface area contributed by atoms with Gasteiger partial charge in [0.1, 0.15) is 11.6 Å². The molecule has 1 aliphatic rings. The maximum Gasteiger partial charge on any atom is 0.196 e. The number of piperidine rings is 1. The fourth-order valence-electron chi connectivity index (χ4n) is 3.90. The maximum atomic E-state index is 4.63. The first-order chi connectivity index (χ1) is 14.2. The van der Waals surface area contributed by atoms with Crippen LogP contribution in [0.2, 0.25) is 0 Å². The Morgan fingerprint density at radius 3 is 2.38 bits per heavy atom. The molecule has 0 spiro atoms. The number of hydrogen-bond donors (Lipinski definition) is 0. The molecule has 1 aliphatic heterocycles. The molecule has 0 N–H and O–H groups in total. The minimum absolute atomic E-state index is 0.235. The van der Waals surface area contributed by atoms with Crippen LogP contribution in [0.5, 0.6) is 0 Å². The van der Waals surface area contributed by atoms with E-state index in [4.69, 9.17) is 0 Å². The molecule has 0 amide bonds. The molecule has 8 heteroatoms. The van der Waals surface area contributed by atoms with Crippen molar-refractivity contribution in [3.63, 3.8) is 0 Å². The van der Waals surface area contributed by atoms with Crippen LogP contribution < -0.4 is 0 Å². The third kappa shape index (κ3) is 4.23. The summed E-state index contributed by atoms with van der Waals surface area (Å²) in [4.78, 5) is 2.53. The third-order valence-corrected chi connectivity index (χ3v) is 6.61. The van der Waals surface area contributed by atoms with Crippen LogP contribution in [0.3, 0.4) is 0 Å². The van der Waals surface area contributed by atoms with Crippen molar-refractivity contribution in [1.29, 1.82) is 0 Å². The van der Waals surface area contributed by atoms with Crippen LogP contribution >= 0.6 is 11.8 Å². The molecule has 1 fully saturated rings. The zero-order chi connectivity index (χ0) is 20.2. The molecular formula is C21H29N7S. The number of aromatic nitrogens is 6. The van der Waals surface area contributed by atoms with Crippen molar-refractivity contribution < 1.29 is 0 Å². The van der Waals surface area contributed by atoms with Crippen molar-refractivity contribution in [2.75, 3.05) is 13.1 Å². The van der Waals surface area contributed by atoms with Crippen molar-refractivity contribution in [2.24, 2.45) is 7.05 Å². The Labute approximate surface area is 176 Å². The maximum absolute atomic E-state index is 4.63. The predicted molar refractivity (Wildman–Crippen MR) is 115 cm³/mol. The summed E-state index contributed by atoms with van der Waals surface area (Å²) >= 11 is 1.67. The number of para-hydroxylation sites is 1. The Hall–Kier alpha value is -2.19. The Bertz CT molecular complexity index is 928. The molecular weight excluding hydrogens is 382 g/mol. The zero-order valence-electron chi connectivity index (χ0n) is 17.5. The minimum atomic E-state index is 0.235. The lowest BCUT2D eigenvalue weighted by Gasteiger charge is -2.31. The van der Waals surface area contributed by atoms with Gasteiger partial charge >= 0.3 is 0 Å². The summed E-state index contributed by atoms with van der Waals surface area (Å²) in [6.07, 6.45) is 4.73. The summed E-state index contributed by atoms with van der Waals surface area (Å²) in [7, 11) is 2.03. The smallest absolute Gasteiger partial charge is 0.196 e. The van der Waals surface area contributed by atoms with E-state index in [-0.39, 0.29) is 6.04 Å². The van der Waals surface area contributed by atoms with Gasteiger partial charge in [-0.3, -0.25) is 9.47 Å². The van der Waals surface area contributed by atoms with E-state index in [0.29, 0.717) is 5.75 Å². The second kappa shape index (κ2) is 9.09. The van der Waals surface area contributed by atoms with Crippen LogP contribution in [-0.4, -0.2) is 47.5 Å². The third-order valence-electron chi connectivity index (χ3n) is 5.69. The number of rotatable bonds is 7. The van der Waals surface area contributed by atoms with Gasteiger partial charge in [-0.1, -0.05) is 43.3 Å². The van der Waals surface area contributed by atoms with Crippen molar-refractivity contribution in [2.45, 2.75) is 56.5 Å². The molecule has 2 aromatic heterocycles. The van der Waals surface area contributed by atoms with E-state index >= 15 is 0 Å². The summed E-state index contributed by atoms with van der Waals surface area (Å²) in [5.41, 5.74) is 1.10. The normalized spacial score (nSPS) is 16.2. The second-order valence-corrected chi connectivity index (χ2v) is 8.46. The monoisotopic (exact) mass is 411 g/mol. The first-order valence-electron chi connectivity index (χ1n) is 10.4. The summed E-state index contributed by atoms with van der Waals surface area (Å²) in [6, 6.07) is 10.7. The summed E-state index contributed by atoms with van der Waals surface area (Å²) in [6.45, 7) is 6.61. The van der Waals surface area contributed by atoms with Crippen molar-refractivity contribution in [1.82, 2.24) is 34.4 Å². The molecule has 0 radical (unpaired) electrons. The standard InChI is InChI=1S/C21H29N7S/c1-4-18-22-23-19(26(18)3)15-29-21-25-24-20(16(2)27-13-9-6-10-14-27)28(21)17-11-7-5-8-12-17/h5,7-8,11-12,16H,4,6,9-10,13-15H2,1-3H3/t16-/m0/s1. The molecule has 0 unspecified atom stereocenters. The number of thioether (sulfide) groups is 1. The Morgan fingerprint density at radius 2 is 1.69 bits per heavy atom. The van der Waals surface area contributed by atoms with Gasteiger partial charge in [0, 0.05) is 19.2 Å². The van der Waals surface area contributed by atoms with Crippen LogP contribution in [0.1, 0.15) is 56.6 Å². The average molecular weight is 412 g/mol. The van der Waals surface area contributed by atoms with Gasteiger partial charge in [0.15, 0.2) is 11.0 Å². The van der Waals surface area contributed by atoms with Gasteiger partial charge in [0.05, 0.1) is 11.8 Å². The number of likely N-dealkylation sites (tertiary alicyclic amines) is 1. The first kappa shape index (κ1) is 20.1. The number of benzene rings is 1. The first-order valence-corrected chi connectivity index (χ1v) is 11.4. The van der Waals surface area contributed by atoms with Crippen molar-refractivity contribution >= 4 is 11.8 Å². The van der Waals surface area contributed by atoms with Gasteiger partial charge in [0.2, 0.25) is 0 Å². The van der Waals surface area contributed by atoms with Crippen molar-refractivity contribution in [3.05, 3.63) is 47.8 Å². The number of hydrogen-bond acceptors (Lipinski definition) is 6. The Morgan fingerprint density at radius 1 is 0.966 bits per heavy atom. The molecule has 1 aromatic carbocycles. The SMILES string of the molecule is CCc1nnc(CSc2nnc([C@H](C)N3CCCCC3)n2-c2ccccc2)n1C. The van der Waals surface area contributed by atoms with Crippen LogP contribution in [0.15, 0.2) is 35.5 Å². The van der Waals surface area contributed by atoms with Gasteiger partial charge in [-0.25, -0.2) is 0 Å². The van der Waals surface area contributed by atoms with Gasteiger partial charge in [-0.05, 0) is 45.0 Å². The van der Waals surface area contributed by atoms with Gasteiger partial charge in [-0.2, -0.15) is 0 Å². The van der Waals surface area contributed by atoms with Crippen LogP contribution in [-0.2, 0) is 19.2 Å². The fourth-order valence-corrected chi connectivity index (χ4v) is 4.83. The highest BCUT2D eigenvalue weighted by Crippen LogP contribution is 2.30. The number of nitrogens with zero attached hydrogens (tertiary/aromatic N) is 7. The molecule has 1 saturated heterocycles. The molecule has 7 nitrogen and oxygen atoms in total. The molecule has 4 rings (SSSR count). The van der Waals surface area contributed by atoms with Crippen LogP contribution in [0.4, 0.5) is 0 Å². The zero-order valence-corrected chi connectivity index (χ0v) is 18.3. The van der Waals surface area contributed by atoms with Crippen LogP contribution in [0.25, 0.3) is 5.69 Å². The highest BCUT2D eigenvalue weighted by atomic mass is 32.2. The molecule has 3 heterocycles. The predicted octanol–water partition coefficient (Wildman–Crippen LogP) is 3.80. The van der Waals surface area contributed by atoms with Crippen molar-refractivity contribution in [3.8, 4) is 5.69 Å². The highest BCUT2D eigenvalue weighted by molar-refractivity contribution is 7.98. The molecule has 1 atom stereocenters. The van der Waals surface area contributed by atoms with Crippen LogP contribution in [0, 0.1) is 0 Å². The minimum Gasteiger partial charge on any atom is -0.317 e. The molecule has 0 bridgehead atoms. The summed E-state index contributed by atoms with van der Waals surface area (Å²) in [5, 5.41) is 18.7. The molecule has 0 aliphatic carbocycles.